The lowest BCUT2D eigenvalue weighted by atomic mass is 10.1. The maximum Gasteiger partial charge on any atom is 0.0843 e. The van der Waals surface area contributed by atoms with Crippen LogP contribution in [0.3, 0.4) is 0 Å². The highest BCUT2D eigenvalue weighted by Crippen LogP contribution is 2.39. The van der Waals surface area contributed by atoms with Crippen LogP contribution in [0.1, 0.15) is 16.5 Å². The SMILES string of the molecule is NC(c1cc(Br)c(Br)s1)c1cccc(Cl)c1Cl. The predicted octanol–water partition coefficient (Wildman–Crippen LogP) is 5.63. The molecule has 0 saturated heterocycles. The minimum Gasteiger partial charge on any atom is -0.320 e. The third-order valence-electron chi connectivity index (χ3n) is 2.29. The molecule has 0 spiro atoms. The molecule has 1 unspecified atom stereocenters. The molecule has 90 valence electrons. The van der Waals surface area contributed by atoms with E-state index < -0.39 is 0 Å². The van der Waals surface area contributed by atoms with Crippen LogP contribution in [0.25, 0.3) is 0 Å². The second-order valence-electron chi connectivity index (χ2n) is 3.39. The van der Waals surface area contributed by atoms with Crippen molar-refractivity contribution in [1.82, 2.24) is 0 Å². The van der Waals surface area contributed by atoms with Crippen molar-refractivity contribution < 1.29 is 0 Å². The van der Waals surface area contributed by atoms with Gasteiger partial charge in [-0.3, -0.25) is 0 Å². The van der Waals surface area contributed by atoms with Crippen LogP contribution >= 0.6 is 66.4 Å². The average molecular weight is 416 g/mol. The van der Waals surface area contributed by atoms with E-state index in [0.29, 0.717) is 10.0 Å². The van der Waals surface area contributed by atoms with E-state index >= 15 is 0 Å². The van der Waals surface area contributed by atoms with Gasteiger partial charge in [-0.05, 0) is 49.6 Å². The second-order valence-corrected chi connectivity index (χ2v) is 7.43. The zero-order chi connectivity index (χ0) is 12.6. The van der Waals surface area contributed by atoms with Crippen LogP contribution in [0.4, 0.5) is 0 Å². The van der Waals surface area contributed by atoms with Gasteiger partial charge in [0.2, 0.25) is 0 Å². The maximum absolute atomic E-state index is 6.19. The van der Waals surface area contributed by atoms with Gasteiger partial charge in [-0.15, -0.1) is 11.3 Å². The first-order valence-electron chi connectivity index (χ1n) is 4.65. The van der Waals surface area contributed by atoms with Crippen molar-refractivity contribution >= 4 is 66.4 Å². The maximum atomic E-state index is 6.19. The number of thiophene rings is 1. The molecule has 0 amide bonds. The monoisotopic (exact) mass is 413 g/mol. The zero-order valence-electron chi connectivity index (χ0n) is 8.38. The first-order chi connectivity index (χ1) is 8.00. The first-order valence-corrected chi connectivity index (χ1v) is 7.80. The molecule has 2 N–H and O–H groups in total. The molecular weight excluding hydrogens is 409 g/mol. The van der Waals surface area contributed by atoms with Crippen LogP contribution in [-0.4, -0.2) is 0 Å². The summed E-state index contributed by atoms with van der Waals surface area (Å²) in [4.78, 5) is 1.02. The number of hydrogen-bond acceptors (Lipinski definition) is 2. The van der Waals surface area contributed by atoms with Gasteiger partial charge in [0.15, 0.2) is 0 Å². The minimum absolute atomic E-state index is 0.270. The van der Waals surface area contributed by atoms with Gasteiger partial charge in [0.05, 0.1) is 19.9 Å². The molecule has 1 heterocycles. The summed E-state index contributed by atoms with van der Waals surface area (Å²) in [5.41, 5.74) is 7.03. The fraction of sp³-hybridized carbons (Fsp3) is 0.0909. The molecule has 6 heteroatoms. The molecule has 1 nitrogen and oxygen atoms in total. The summed E-state index contributed by atoms with van der Waals surface area (Å²) in [5, 5.41) is 1.04. The molecule has 1 aromatic heterocycles. The number of nitrogens with two attached hydrogens (primary N) is 1. The zero-order valence-corrected chi connectivity index (χ0v) is 13.9. The van der Waals surface area contributed by atoms with Crippen LogP contribution in [0.15, 0.2) is 32.5 Å². The number of benzene rings is 1. The number of rotatable bonds is 2. The van der Waals surface area contributed by atoms with E-state index in [-0.39, 0.29) is 6.04 Å². The van der Waals surface area contributed by atoms with Crippen molar-refractivity contribution in [3.63, 3.8) is 0 Å². The van der Waals surface area contributed by atoms with Gasteiger partial charge in [0, 0.05) is 9.35 Å². The third-order valence-corrected chi connectivity index (χ3v) is 6.46. The smallest absolute Gasteiger partial charge is 0.0843 e. The summed E-state index contributed by atoms with van der Waals surface area (Å²) in [6.07, 6.45) is 0. The largest absolute Gasteiger partial charge is 0.320 e. The Morgan fingerprint density at radius 2 is 1.94 bits per heavy atom. The van der Waals surface area contributed by atoms with E-state index in [1.165, 1.54) is 0 Å². The van der Waals surface area contributed by atoms with Crippen LogP contribution < -0.4 is 5.73 Å². The summed E-state index contributed by atoms with van der Waals surface area (Å²) >= 11 is 20.6. The lowest BCUT2D eigenvalue weighted by Crippen LogP contribution is -2.10. The molecule has 0 fully saturated rings. The molecule has 2 aromatic rings. The Balaban J connectivity index is 2.43. The molecular formula is C11H7Br2Cl2NS. The lowest BCUT2D eigenvalue weighted by molar-refractivity contribution is 0.893. The van der Waals surface area contributed by atoms with E-state index in [1.54, 1.807) is 17.4 Å². The molecule has 0 saturated carbocycles. The quantitative estimate of drug-likeness (QED) is 0.676. The first kappa shape index (κ1) is 13.8. The summed E-state index contributed by atoms with van der Waals surface area (Å²) in [7, 11) is 0. The Labute approximate surface area is 130 Å². The van der Waals surface area contributed by atoms with Gasteiger partial charge >= 0.3 is 0 Å². The van der Waals surface area contributed by atoms with Crippen molar-refractivity contribution in [3.05, 3.63) is 53.0 Å². The fourth-order valence-corrected chi connectivity index (χ4v) is 3.97. The van der Waals surface area contributed by atoms with E-state index in [1.807, 2.05) is 18.2 Å². The number of halogens is 4. The van der Waals surface area contributed by atoms with E-state index in [0.717, 1.165) is 18.7 Å². The van der Waals surface area contributed by atoms with E-state index in [4.69, 9.17) is 28.9 Å². The molecule has 0 aliphatic rings. The highest BCUT2D eigenvalue weighted by Gasteiger charge is 2.17. The lowest BCUT2D eigenvalue weighted by Gasteiger charge is -2.12. The van der Waals surface area contributed by atoms with Gasteiger partial charge in [0.1, 0.15) is 0 Å². The van der Waals surface area contributed by atoms with Crippen molar-refractivity contribution in [2.75, 3.05) is 0 Å². The van der Waals surface area contributed by atoms with Crippen molar-refractivity contribution in [2.45, 2.75) is 6.04 Å². The van der Waals surface area contributed by atoms with Crippen molar-refractivity contribution in [1.29, 1.82) is 0 Å². The molecule has 2 rings (SSSR count). The average Bonchev–Trinajstić information content (AvgIpc) is 2.62. The predicted molar refractivity (Wildman–Crippen MR) is 82.2 cm³/mol. The Morgan fingerprint density at radius 1 is 1.24 bits per heavy atom. The Bertz CT molecular complexity index is 537. The Kier molecular flexibility index (Phi) is 4.55. The van der Waals surface area contributed by atoms with Crippen LogP contribution in [0, 0.1) is 0 Å². The third kappa shape index (κ3) is 2.88. The normalized spacial score (nSPS) is 12.8. The molecule has 0 aliphatic carbocycles. The summed E-state index contributed by atoms with van der Waals surface area (Å²) in [6, 6.07) is 7.20. The van der Waals surface area contributed by atoms with Gasteiger partial charge in [-0.2, -0.15) is 0 Å². The second kappa shape index (κ2) is 5.59. The fourth-order valence-electron chi connectivity index (χ4n) is 1.43. The highest BCUT2D eigenvalue weighted by molar-refractivity contribution is 9.13. The topological polar surface area (TPSA) is 26.0 Å². The van der Waals surface area contributed by atoms with Gasteiger partial charge in [-0.1, -0.05) is 35.3 Å². The molecule has 17 heavy (non-hydrogen) atoms. The standard InChI is InChI=1S/C11H7Br2Cl2NS/c12-6-4-8(17-11(6)13)10(16)5-2-1-3-7(14)9(5)15/h1-4,10H,16H2. The van der Waals surface area contributed by atoms with Crippen molar-refractivity contribution in [2.24, 2.45) is 5.73 Å². The number of hydrogen-bond donors (Lipinski definition) is 1. The summed E-state index contributed by atoms with van der Waals surface area (Å²) in [5.74, 6) is 0. The minimum atomic E-state index is -0.270. The highest BCUT2D eigenvalue weighted by atomic mass is 79.9. The summed E-state index contributed by atoms with van der Waals surface area (Å²) in [6.45, 7) is 0. The molecule has 0 aliphatic heterocycles. The van der Waals surface area contributed by atoms with E-state index in [9.17, 15) is 0 Å². The summed E-state index contributed by atoms with van der Waals surface area (Å²) < 4.78 is 2.01. The van der Waals surface area contributed by atoms with Crippen LogP contribution in [-0.2, 0) is 0 Å². The Hall–Kier alpha value is 0.420. The van der Waals surface area contributed by atoms with Gasteiger partial charge in [0.25, 0.3) is 0 Å². The van der Waals surface area contributed by atoms with Gasteiger partial charge in [-0.25, -0.2) is 0 Å². The molecule has 0 radical (unpaired) electrons. The Morgan fingerprint density at radius 3 is 2.53 bits per heavy atom. The molecule has 1 aromatic carbocycles. The van der Waals surface area contributed by atoms with Crippen molar-refractivity contribution in [3.8, 4) is 0 Å². The van der Waals surface area contributed by atoms with E-state index in [2.05, 4.69) is 31.9 Å². The molecule has 1 atom stereocenters. The molecule has 0 bridgehead atoms. The van der Waals surface area contributed by atoms with Crippen LogP contribution in [0.5, 0.6) is 0 Å². The van der Waals surface area contributed by atoms with Gasteiger partial charge < -0.3 is 5.73 Å². The van der Waals surface area contributed by atoms with Crippen LogP contribution in [0.2, 0.25) is 10.0 Å².